The summed E-state index contributed by atoms with van der Waals surface area (Å²) < 4.78 is 0. The zero-order valence-corrected chi connectivity index (χ0v) is 11.3. The number of hydrogen-bond donors (Lipinski definition) is 2. The van der Waals surface area contributed by atoms with E-state index < -0.39 is 0 Å². The lowest BCUT2D eigenvalue weighted by Gasteiger charge is -2.17. The van der Waals surface area contributed by atoms with E-state index in [9.17, 15) is 4.79 Å². The van der Waals surface area contributed by atoms with E-state index >= 15 is 0 Å². The third-order valence-corrected chi connectivity index (χ3v) is 3.12. The molecular weight excluding hydrogens is 236 g/mol. The molecule has 0 aliphatic heterocycles. The van der Waals surface area contributed by atoms with E-state index in [2.05, 4.69) is 24.5 Å². The fraction of sp³-hybridized carbons (Fsp3) is 0.462. The number of anilines is 1. The molecule has 0 saturated heterocycles. The Balaban J connectivity index is 2.92. The van der Waals surface area contributed by atoms with Crippen molar-refractivity contribution in [1.82, 2.24) is 5.32 Å². The van der Waals surface area contributed by atoms with Crippen LogP contribution < -0.4 is 10.6 Å². The molecule has 2 N–H and O–H groups in total. The average Bonchev–Trinajstić information content (AvgIpc) is 2.36. The van der Waals surface area contributed by atoms with Gasteiger partial charge in [0.15, 0.2) is 0 Å². The Morgan fingerprint density at radius 2 is 2.00 bits per heavy atom. The number of nitrogens with one attached hydrogen (secondary N) is 2. The zero-order valence-electron chi connectivity index (χ0n) is 10.5. The molecule has 0 unspecified atom stereocenters. The van der Waals surface area contributed by atoms with E-state index in [0.29, 0.717) is 16.6 Å². The Labute approximate surface area is 108 Å². The normalized spacial score (nSPS) is 10.4. The minimum atomic E-state index is -0.164. The van der Waals surface area contributed by atoms with E-state index in [-0.39, 0.29) is 5.91 Å². The molecule has 3 nitrogen and oxygen atoms in total. The van der Waals surface area contributed by atoms with Crippen molar-refractivity contribution in [2.75, 3.05) is 12.4 Å². The van der Waals surface area contributed by atoms with Crippen LogP contribution in [0.4, 0.5) is 5.69 Å². The average molecular weight is 255 g/mol. The smallest absolute Gasteiger partial charge is 0.252 e. The van der Waals surface area contributed by atoms with Crippen molar-refractivity contribution in [1.29, 1.82) is 0 Å². The van der Waals surface area contributed by atoms with Crippen LogP contribution in [0.5, 0.6) is 0 Å². The van der Waals surface area contributed by atoms with Crippen LogP contribution in [0.25, 0.3) is 0 Å². The van der Waals surface area contributed by atoms with Crippen LogP contribution in [0.3, 0.4) is 0 Å². The highest BCUT2D eigenvalue weighted by Gasteiger charge is 2.10. The Bertz CT molecular complexity index is 389. The summed E-state index contributed by atoms with van der Waals surface area (Å²) in [6.07, 6.45) is 2.10. The SMILES string of the molecule is CCC(CC)Nc1ccc(Cl)c(C(=O)NC)c1. The molecule has 0 aliphatic rings. The maximum atomic E-state index is 11.6. The second kappa shape index (κ2) is 6.50. The van der Waals surface area contributed by atoms with E-state index in [1.165, 1.54) is 0 Å². The molecule has 1 aromatic carbocycles. The second-order valence-corrected chi connectivity index (χ2v) is 4.34. The van der Waals surface area contributed by atoms with Gasteiger partial charge in [-0.2, -0.15) is 0 Å². The van der Waals surface area contributed by atoms with Gasteiger partial charge < -0.3 is 10.6 Å². The van der Waals surface area contributed by atoms with Crippen molar-refractivity contribution in [3.8, 4) is 0 Å². The molecule has 1 aromatic rings. The number of rotatable bonds is 5. The molecule has 0 saturated carbocycles. The third-order valence-electron chi connectivity index (χ3n) is 2.79. The number of hydrogen-bond acceptors (Lipinski definition) is 2. The largest absolute Gasteiger partial charge is 0.382 e. The Morgan fingerprint density at radius 1 is 1.35 bits per heavy atom. The summed E-state index contributed by atoms with van der Waals surface area (Å²) in [7, 11) is 1.60. The number of amides is 1. The summed E-state index contributed by atoms with van der Waals surface area (Å²) in [4.78, 5) is 11.6. The number of benzene rings is 1. The molecule has 0 aliphatic carbocycles. The van der Waals surface area contributed by atoms with E-state index in [4.69, 9.17) is 11.6 Å². The maximum absolute atomic E-state index is 11.6. The molecule has 4 heteroatoms. The highest BCUT2D eigenvalue weighted by Crippen LogP contribution is 2.21. The minimum absolute atomic E-state index is 0.164. The van der Waals surface area contributed by atoms with Gasteiger partial charge >= 0.3 is 0 Å². The fourth-order valence-corrected chi connectivity index (χ4v) is 1.86. The first-order valence-electron chi connectivity index (χ1n) is 5.90. The number of carbonyl (C=O) groups excluding carboxylic acids is 1. The Kier molecular flexibility index (Phi) is 5.29. The molecule has 1 amide bonds. The summed E-state index contributed by atoms with van der Waals surface area (Å²) in [6.45, 7) is 4.27. The van der Waals surface area contributed by atoms with Gasteiger partial charge in [-0.15, -0.1) is 0 Å². The van der Waals surface area contributed by atoms with Gasteiger partial charge in [0.25, 0.3) is 5.91 Å². The standard InChI is InChI=1S/C13H19ClN2O/c1-4-9(5-2)16-10-6-7-12(14)11(8-10)13(17)15-3/h6-9,16H,4-5H2,1-3H3,(H,15,17). The molecule has 0 heterocycles. The maximum Gasteiger partial charge on any atom is 0.252 e. The minimum Gasteiger partial charge on any atom is -0.382 e. The number of carbonyl (C=O) groups is 1. The van der Waals surface area contributed by atoms with Gasteiger partial charge in [0.05, 0.1) is 10.6 Å². The predicted molar refractivity (Wildman–Crippen MR) is 72.8 cm³/mol. The summed E-state index contributed by atoms with van der Waals surface area (Å²) in [5.41, 5.74) is 1.44. The van der Waals surface area contributed by atoms with Gasteiger partial charge in [-0.3, -0.25) is 4.79 Å². The topological polar surface area (TPSA) is 41.1 Å². The molecule has 0 aromatic heterocycles. The highest BCUT2D eigenvalue weighted by molar-refractivity contribution is 6.34. The summed E-state index contributed by atoms with van der Waals surface area (Å²) in [5, 5.41) is 6.44. The van der Waals surface area contributed by atoms with Crippen LogP contribution in [0.1, 0.15) is 37.0 Å². The van der Waals surface area contributed by atoms with Crippen molar-refractivity contribution in [3.05, 3.63) is 28.8 Å². The van der Waals surface area contributed by atoms with Gasteiger partial charge in [-0.25, -0.2) is 0 Å². The van der Waals surface area contributed by atoms with Crippen molar-refractivity contribution in [2.24, 2.45) is 0 Å². The highest BCUT2D eigenvalue weighted by atomic mass is 35.5. The lowest BCUT2D eigenvalue weighted by molar-refractivity contribution is 0.0963. The number of halogens is 1. The molecule has 1 rings (SSSR count). The van der Waals surface area contributed by atoms with E-state index in [1.54, 1.807) is 19.2 Å². The van der Waals surface area contributed by atoms with E-state index in [0.717, 1.165) is 18.5 Å². The van der Waals surface area contributed by atoms with Crippen LogP contribution in [-0.2, 0) is 0 Å². The van der Waals surface area contributed by atoms with Crippen LogP contribution in [0.15, 0.2) is 18.2 Å². The van der Waals surface area contributed by atoms with Crippen LogP contribution in [-0.4, -0.2) is 19.0 Å². The van der Waals surface area contributed by atoms with Crippen LogP contribution in [0.2, 0.25) is 5.02 Å². The predicted octanol–water partition coefficient (Wildman–Crippen LogP) is 3.30. The van der Waals surface area contributed by atoms with E-state index in [1.807, 2.05) is 6.07 Å². The molecule has 0 fully saturated rings. The lowest BCUT2D eigenvalue weighted by Crippen LogP contribution is -2.20. The van der Waals surface area contributed by atoms with Crippen molar-refractivity contribution >= 4 is 23.2 Å². The molecule has 0 atom stereocenters. The fourth-order valence-electron chi connectivity index (χ4n) is 1.65. The Hall–Kier alpha value is -1.22. The molecule has 0 bridgehead atoms. The molecule has 17 heavy (non-hydrogen) atoms. The van der Waals surface area contributed by atoms with Gasteiger partial charge in [0, 0.05) is 18.8 Å². The molecule has 0 spiro atoms. The molecular formula is C13H19ClN2O. The quantitative estimate of drug-likeness (QED) is 0.847. The summed E-state index contributed by atoms with van der Waals surface area (Å²) in [5.74, 6) is -0.164. The van der Waals surface area contributed by atoms with Gasteiger partial charge in [-0.1, -0.05) is 25.4 Å². The van der Waals surface area contributed by atoms with Gasteiger partial charge in [0.2, 0.25) is 0 Å². The first kappa shape index (κ1) is 13.8. The first-order chi connectivity index (χ1) is 8.12. The van der Waals surface area contributed by atoms with Crippen LogP contribution >= 0.6 is 11.6 Å². The summed E-state index contributed by atoms with van der Waals surface area (Å²) in [6, 6.07) is 5.86. The monoisotopic (exact) mass is 254 g/mol. The van der Waals surface area contributed by atoms with Crippen molar-refractivity contribution < 1.29 is 4.79 Å². The lowest BCUT2D eigenvalue weighted by atomic mass is 10.1. The van der Waals surface area contributed by atoms with Gasteiger partial charge in [0.1, 0.15) is 0 Å². The summed E-state index contributed by atoms with van der Waals surface area (Å²) >= 11 is 5.99. The van der Waals surface area contributed by atoms with Crippen molar-refractivity contribution in [2.45, 2.75) is 32.7 Å². The Morgan fingerprint density at radius 3 is 2.53 bits per heavy atom. The third kappa shape index (κ3) is 3.63. The zero-order chi connectivity index (χ0) is 12.8. The second-order valence-electron chi connectivity index (χ2n) is 3.93. The molecule has 0 radical (unpaired) electrons. The first-order valence-corrected chi connectivity index (χ1v) is 6.28. The van der Waals surface area contributed by atoms with Crippen molar-refractivity contribution in [3.63, 3.8) is 0 Å². The molecule has 94 valence electrons. The van der Waals surface area contributed by atoms with Crippen LogP contribution in [0, 0.1) is 0 Å². The van der Waals surface area contributed by atoms with Gasteiger partial charge in [-0.05, 0) is 31.0 Å².